The van der Waals surface area contributed by atoms with Crippen molar-refractivity contribution in [2.24, 2.45) is 0 Å². The van der Waals surface area contributed by atoms with E-state index in [0.29, 0.717) is 44.3 Å². The first-order valence-corrected chi connectivity index (χ1v) is 11.8. The average Bonchev–Trinajstić information content (AvgIpc) is 3.01. The van der Waals surface area contributed by atoms with E-state index in [-0.39, 0.29) is 17.0 Å². The van der Waals surface area contributed by atoms with Crippen molar-refractivity contribution in [2.75, 3.05) is 12.4 Å². The van der Waals surface area contributed by atoms with E-state index in [4.69, 9.17) is 23.8 Å². The van der Waals surface area contributed by atoms with Gasteiger partial charge in [-0.2, -0.15) is 5.26 Å². The van der Waals surface area contributed by atoms with Crippen molar-refractivity contribution in [3.63, 3.8) is 0 Å². The molecule has 166 valence electrons. The summed E-state index contributed by atoms with van der Waals surface area (Å²) in [6.07, 6.45) is 3.37. The highest BCUT2D eigenvalue weighted by Gasteiger charge is 2.30. The zero-order valence-corrected chi connectivity index (χ0v) is 20.5. The third kappa shape index (κ3) is 4.75. The van der Waals surface area contributed by atoms with Gasteiger partial charge in [-0.25, -0.2) is 0 Å². The first kappa shape index (κ1) is 24.1. The molecule has 0 bridgehead atoms. The number of benzene rings is 1. The molecule has 0 aliphatic carbocycles. The van der Waals surface area contributed by atoms with Gasteiger partial charge in [-0.3, -0.25) is 19.1 Å². The number of aromatic nitrogens is 1. The summed E-state index contributed by atoms with van der Waals surface area (Å²) in [4.78, 5) is 27.6. The number of nitrogens with zero attached hydrogens (tertiary/aromatic N) is 3. The van der Waals surface area contributed by atoms with Crippen LogP contribution in [0.4, 0.5) is 5.82 Å². The summed E-state index contributed by atoms with van der Waals surface area (Å²) in [5, 5.41) is 13.6. The van der Waals surface area contributed by atoms with Gasteiger partial charge < -0.3 is 5.32 Å². The molecule has 32 heavy (non-hydrogen) atoms. The van der Waals surface area contributed by atoms with Crippen LogP contribution in [0.5, 0.6) is 0 Å². The molecule has 6 nitrogen and oxygen atoms in total. The third-order valence-corrected chi connectivity index (χ3v) is 7.13. The summed E-state index contributed by atoms with van der Waals surface area (Å²) in [7, 11) is 1.63. The van der Waals surface area contributed by atoms with Gasteiger partial charge in [0.2, 0.25) is 0 Å². The highest BCUT2D eigenvalue weighted by molar-refractivity contribution is 8.26. The number of halogens is 1. The molecule has 2 aromatic rings. The van der Waals surface area contributed by atoms with Crippen LogP contribution in [0.15, 0.2) is 34.0 Å². The van der Waals surface area contributed by atoms with Crippen molar-refractivity contribution in [1.82, 2.24) is 9.47 Å². The van der Waals surface area contributed by atoms with Gasteiger partial charge in [0, 0.05) is 30.7 Å². The molecule has 2 heterocycles. The Hall–Kier alpha value is -2.60. The van der Waals surface area contributed by atoms with E-state index >= 15 is 0 Å². The lowest BCUT2D eigenvalue weighted by molar-refractivity contribution is -0.121. The summed E-state index contributed by atoms with van der Waals surface area (Å²) >= 11 is 12.8. The normalized spacial score (nSPS) is 14.8. The molecule has 1 amide bonds. The molecule has 0 radical (unpaired) electrons. The Labute approximate surface area is 201 Å². The van der Waals surface area contributed by atoms with Crippen LogP contribution in [0.25, 0.3) is 6.08 Å². The molecule has 0 spiro atoms. The number of hydrogen-bond donors (Lipinski definition) is 1. The number of rotatable bonds is 7. The van der Waals surface area contributed by atoms with E-state index in [1.165, 1.54) is 16.7 Å². The summed E-state index contributed by atoms with van der Waals surface area (Å²) in [5.74, 6) is 0.350. The van der Waals surface area contributed by atoms with Crippen LogP contribution in [-0.2, 0) is 17.9 Å². The number of thiocarbonyl (C=S) groups is 1. The van der Waals surface area contributed by atoms with Gasteiger partial charge in [-0.15, -0.1) is 0 Å². The predicted octanol–water partition coefficient (Wildman–Crippen LogP) is 4.93. The van der Waals surface area contributed by atoms with Crippen LogP contribution in [0, 0.1) is 18.3 Å². The largest absolute Gasteiger partial charge is 0.367 e. The Bertz CT molecular complexity index is 1210. The molecular weight excluding hydrogens is 464 g/mol. The van der Waals surface area contributed by atoms with Gasteiger partial charge in [-0.1, -0.05) is 67.1 Å². The second-order valence-corrected chi connectivity index (χ2v) is 9.45. The maximum Gasteiger partial charge on any atom is 0.270 e. The summed E-state index contributed by atoms with van der Waals surface area (Å²) in [5.41, 5.74) is 1.74. The Morgan fingerprint density at radius 1 is 1.31 bits per heavy atom. The van der Waals surface area contributed by atoms with Crippen LogP contribution in [-0.4, -0.2) is 26.7 Å². The molecule has 1 aromatic heterocycles. The number of carbonyl (C=O) groups excluding carboxylic acids is 1. The molecule has 0 unspecified atom stereocenters. The van der Waals surface area contributed by atoms with Gasteiger partial charge in [0.15, 0.2) is 0 Å². The van der Waals surface area contributed by atoms with Crippen molar-refractivity contribution in [3.8, 4) is 6.07 Å². The first-order chi connectivity index (χ1) is 15.3. The Balaban J connectivity index is 2.20. The molecule has 0 atom stereocenters. The number of likely N-dealkylation sites (N-methyl/N-ethyl adjacent to an activating group) is 1. The molecule has 1 N–H and O–H groups in total. The van der Waals surface area contributed by atoms with Crippen molar-refractivity contribution in [1.29, 1.82) is 5.26 Å². The lowest BCUT2D eigenvalue weighted by atomic mass is 10.0. The monoisotopic (exact) mass is 486 g/mol. The molecule has 9 heteroatoms. The highest BCUT2D eigenvalue weighted by Crippen LogP contribution is 2.34. The lowest BCUT2D eigenvalue weighted by Crippen LogP contribution is -2.28. The number of amides is 1. The number of anilines is 1. The van der Waals surface area contributed by atoms with Crippen molar-refractivity contribution < 1.29 is 4.79 Å². The van der Waals surface area contributed by atoms with Crippen molar-refractivity contribution in [2.45, 2.75) is 39.8 Å². The zero-order valence-electron chi connectivity index (χ0n) is 18.1. The fraction of sp³-hybridized carbons (Fsp3) is 0.304. The fourth-order valence-electron chi connectivity index (χ4n) is 3.38. The van der Waals surface area contributed by atoms with E-state index in [1.807, 2.05) is 31.2 Å². The standard InChI is InChI=1S/C23H23ClN4O2S2/c1-4-5-10-28-20(26-13-15-8-6-7-9-18(15)24)16(14(2)17(12-25)21(28)29)11-19-22(30)27(3)23(31)32-19/h6-9,11,26H,4-5,10,13H2,1-3H3/b19-11+. The summed E-state index contributed by atoms with van der Waals surface area (Å²) < 4.78 is 2.05. The van der Waals surface area contributed by atoms with Gasteiger partial charge in [0.05, 0.1) is 4.91 Å². The number of unbranched alkanes of at least 4 members (excludes halogenated alkanes) is 1. The number of hydrogen-bond acceptors (Lipinski definition) is 6. The predicted molar refractivity (Wildman–Crippen MR) is 135 cm³/mol. The number of pyridine rings is 1. The maximum atomic E-state index is 13.1. The number of thioether (sulfide) groups is 1. The smallest absolute Gasteiger partial charge is 0.270 e. The molecule has 3 rings (SSSR count). The van der Waals surface area contributed by atoms with E-state index in [9.17, 15) is 14.9 Å². The Morgan fingerprint density at radius 3 is 2.62 bits per heavy atom. The molecule has 1 aliphatic rings. The van der Waals surface area contributed by atoms with Crippen LogP contribution in [0.1, 0.15) is 42.0 Å². The highest BCUT2D eigenvalue weighted by atomic mass is 35.5. The minimum atomic E-state index is -0.347. The minimum Gasteiger partial charge on any atom is -0.367 e. The zero-order chi connectivity index (χ0) is 23.4. The first-order valence-electron chi connectivity index (χ1n) is 10.2. The molecule has 1 saturated heterocycles. The van der Waals surface area contributed by atoms with Crippen molar-refractivity contribution in [3.05, 3.63) is 66.8 Å². The second-order valence-electron chi connectivity index (χ2n) is 7.37. The third-order valence-electron chi connectivity index (χ3n) is 5.28. The van der Waals surface area contributed by atoms with Crippen LogP contribution in [0.3, 0.4) is 0 Å². The second kappa shape index (κ2) is 10.3. The molecule has 1 aliphatic heterocycles. The summed E-state index contributed by atoms with van der Waals surface area (Å²) in [6.45, 7) is 4.59. The van der Waals surface area contributed by atoms with Gasteiger partial charge in [0.25, 0.3) is 11.5 Å². The van der Waals surface area contributed by atoms with Crippen molar-refractivity contribution >= 4 is 57.7 Å². The molecule has 1 fully saturated rings. The topological polar surface area (TPSA) is 78.1 Å². The van der Waals surface area contributed by atoms with E-state index in [2.05, 4.69) is 5.32 Å². The SMILES string of the molecule is CCCCn1c(NCc2ccccc2Cl)c(/C=C2/SC(=S)N(C)C2=O)c(C)c(C#N)c1=O. The molecular formula is C23H23ClN4O2S2. The maximum absolute atomic E-state index is 13.1. The quantitative estimate of drug-likeness (QED) is 0.442. The minimum absolute atomic E-state index is 0.0719. The lowest BCUT2D eigenvalue weighted by Gasteiger charge is -2.20. The number of carbonyl (C=O) groups is 1. The molecule has 1 aromatic carbocycles. The van der Waals surface area contributed by atoms with Gasteiger partial charge in [0.1, 0.15) is 21.8 Å². The fourth-order valence-corrected chi connectivity index (χ4v) is 4.74. The van der Waals surface area contributed by atoms with E-state index in [1.54, 1.807) is 30.7 Å². The van der Waals surface area contributed by atoms with Crippen LogP contribution < -0.4 is 10.9 Å². The summed E-state index contributed by atoms with van der Waals surface area (Å²) in [6, 6.07) is 9.50. The Morgan fingerprint density at radius 2 is 2.03 bits per heavy atom. The van der Waals surface area contributed by atoms with E-state index in [0.717, 1.165) is 18.4 Å². The van der Waals surface area contributed by atoms with Crippen LogP contribution >= 0.6 is 35.6 Å². The average molecular weight is 487 g/mol. The van der Waals surface area contributed by atoms with Gasteiger partial charge >= 0.3 is 0 Å². The number of nitrogens with one attached hydrogen (secondary N) is 1. The Kier molecular flexibility index (Phi) is 7.77. The molecule has 0 saturated carbocycles. The van der Waals surface area contributed by atoms with Crippen LogP contribution in [0.2, 0.25) is 5.02 Å². The van der Waals surface area contributed by atoms with Gasteiger partial charge in [-0.05, 0) is 36.6 Å². The number of nitriles is 1. The van der Waals surface area contributed by atoms with E-state index < -0.39 is 0 Å².